The summed E-state index contributed by atoms with van der Waals surface area (Å²) in [7, 11) is 0. The Balaban J connectivity index is 1.61. The maximum atomic E-state index is 15.6. The summed E-state index contributed by atoms with van der Waals surface area (Å²) in [4.78, 5) is 97.3. The summed E-state index contributed by atoms with van der Waals surface area (Å²) < 4.78 is 48.1. The lowest BCUT2D eigenvalue weighted by atomic mass is 9.44. The molecular formula is C44H57NO17. The van der Waals surface area contributed by atoms with Crippen LogP contribution < -0.4 is 5.32 Å². The predicted molar refractivity (Wildman–Crippen MR) is 212 cm³/mol. The molecule has 2 heterocycles. The molecule has 4 fully saturated rings. The molecule has 3 N–H and O–H groups in total. The van der Waals surface area contributed by atoms with Gasteiger partial charge in [0, 0.05) is 25.7 Å². The molecule has 1 aromatic rings. The monoisotopic (exact) mass is 871 g/mol. The van der Waals surface area contributed by atoms with E-state index in [1.807, 2.05) is 0 Å². The quantitative estimate of drug-likeness (QED) is 0.173. The Hall–Kier alpha value is -5.07. The number of fused-ring (bicyclic) bond motifs is 4. The van der Waals surface area contributed by atoms with E-state index in [2.05, 4.69) is 5.32 Å². The summed E-state index contributed by atoms with van der Waals surface area (Å²) in [6.45, 7) is 16.2. The van der Waals surface area contributed by atoms with Crippen molar-refractivity contribution in [2.45, 2.75) is 155 Å². The highest BCUT2D eigenvalue weighted by Crippen LogP contribution is 2.67. The summed E-state index contributed by atoms with van der Waals surface area (Å²) in [5, 5.41) is 26.3. The number of ether oxygens (including phenoxy) is 8. The van der Waals surface area contributed by atoms with Crippen molar-refractivity contribution < 1.29 is 81.7 Å². The molecule has 12 atom stereocenters. The van der Waals surface area contributed by atoms with Crippen molar-refractivity contribution in [3.05, 3.63) is 47.0 Å². The van der Waals surface area contributed by atoms with Gasteiger partial charge in [0.05, 0.1) is 35.6 Å². The lowest BCUT2D eigenvalue weighted by molar-refractivity contribution is -0.345. The van der Waals surface area contributed by atoms with Crippen LogP contribution in [0.4, 0.5) is 9.59 Å². The first-order valence-corrected chi connectivity index (χ1v) is 20.7. The van der Waals surface area contributed by atoms with Crippen molar-refractivity contribution in [2.24, 2.45) is 22.7 Å². The summed E-state index contributed by atoms with van der Waals surface area (Å²) in [6.07, 6.45) is -14.5. The minimum Gasteiger partial charge on any atom is -0.454 e. The molecule has 2 bridgehead atoms. The zero-order valence-corrected chi connectivity index (χ0v) is 36.8. The van der Waals surface area contributed by atoms with Gasteiger partial charge < -0.3 is 53.4 Å². The number of aliphatic hydroxyl groups is 2. The van der Waals surface area contributed by atoms with Crippen LogP contribution in [0.2, 0.25) is 0 Å². The number of aliphatic hydroxyl groups excluding tert-OH is 2. The SMILES string of the molecule is CC(=O)O[C@H]1C(=O)[C@]2(C)[C@@H](O)C[C@H]3OC[C@@]3(OC(C)=O)[C@@H]2[C@H](OC(=O)c2ccccc2)[C@]23OC(=O)O[C@H]2[C@H](OC(=O)[C@H](O)[C@H](CC(C)C)NC(=O)OC(C)(C)C)C(C)=C1C3(C)C. The van der Waals surface area contributed by atoms with Crippen molar-refractivity contribution in [1.82, 2.24) is 5.32 Å². The van der Waals surface area contributed by atoms with Gasteiger partial charge in [-0.05, 0) is 70.2 Å². The summed E-state index contributed by atoms with van der Waals surface area (Å²) in [5.74, 6) is -6.73. The van der Waals surface area contributed by atoms with E-state index in [9.17, 15) is 39.0 Å². The average molecular weight is 872 g/mol. The van der Waals surface area contributed by atoms with E-state index in [1.165, 1.54) is 26.0 Å². The van der Waals surface area contributed by atoms with Crippen LogP contribution in [0.5, 0.6) is 0 Å². The van der Waals surface area contributed by atoms with Gasteiger partial charge in [-0.25, -0.2) is 19.2 Å². The third-order valence-electron chi connectivity index (χ3n) is 12.9. The first kappa shape index (κ1) is 46.4. The van der Waals surface area contributed by atoms with Crippen LogP contribution in [-0.4, -0.2) is 124 Å². The van der Waals surface area contributed by atoms with Gasteiger partial charge in [0.2, 0.25) is 5.60 Å². The highest BCUT2D eigenvalue weighted by molar-refractivity contribution is 5.96. The summed E-state index contributed by atoms with van der Waals surface area (Å²) in [6, 6.07) is 6.47. The minimum absolute atomic E-state index is 0.0261. The number of benzene rings is 1. The van der Waals surface area contributed by atoms with Crippen LogP contribution in [-0.2, 0) is 57.1 Å². The van der Waals surface area contributed by atoms with Crippen LogP contribution in [0.1, 0.15) is 99.4 Å². The van der Waals surface area contributed by atoms with Crippen molar-refractivity contribution in [3.8, 4) is 0 Å². The molecule has 2 saturated carbocycles. The van der Waals surface area contributed by atoms with E-state index in [0.717, 1.165) is 13.8 Å². The number of hydrogen-bond donors (Lipinski definition) is 3. The Bertz CT molecular complexity index is 2040. The Labute approximate surface area is 359 Å². The lowest BCUT2D eigenvalue weighted by Crippen LogP contribution is -2.83. The number of esters is 4. The Morgan fingerprint density at radius 3 is 2.16 bits per heavy atom. The van der Waals surface area contributed by atoms with Gasteiger partial charge in [0.1, 0.15) is 11.7 Å². The van der Waals surface area contributed by atoms with Gasteiger partial charge in [-0.3, -0.25) is 14.4 Å². The maximum absolute atomic E-state index is 15.6. The van der Waals surface area contributed by atoms with E-state index in [4.69, 9.17) is 37.9 Å². The van der Waals surface area contributed by atoms with E-state index >= 15 is 4.79 Å². The van der Waals surface area contributed by atoms with Crippen LogP contribution >= 0.6 is 0 Å². The second kappa shape index (κ2) is 16.2. The Morgan fingerprint density at radius 1 is 0.968 bits per heavy atom. The van der Waals surface area contributed by atoms with Gasteiger partial charge in [-0.1, -0.05) is 45.9 Å². The number of hydrogen-bond acceptors (Lipinski definition) is 17. The van der Waals surface area contributed by atoms with Gasteiger partial charge in [0.15, 0.2) is 41.9 Å². The van der Waals surface area contributed by atoms with E-state index in [-0.39, 0.29) is 42.1 Å². The average Bonchev–Trinajstić information content (AvgIpc) is 3.52. The zero-order valence-electron chi connectivity index (χ0n) is 36.8. The number of rotatable bonds is 10. The first-order valence-electron chi connectivity index (χ1n) is 20.7. The molecular weight excluding hydrogens is 814 g/mol. The molecule has 62 heavy (non-hydrogen) atoms. The van der Waals surface area contributed by atoms with Crippen LogP contribution in [0.15, 0.2) is 41.5 Å². The summed E-state index contributed by atoms with van der Waals surface area (Å²) >= 11 is 0. The van der Waals surface area contributed by atoms with Gasteiger partial charge in [0.25, 0.3) is 0 Å². The number of Topliss-reactive ketones (excluding diaryl/α,β-unsaturated/α-hetero) is 1. The minimum atomic E-state index is -2.36. The number of nitrogens with one attached hydrogen (secondary N) is 1. The Kier molecular flexibility index (Phi) is 12.2. The van der Waals surface area contributed by atoms with Crippen molar-refractivity contribution in [2.75, 3.05) is 6.61 Å². The maximum Gasteiger partial charge on any atom is 0.509 e. The fourth-order valence-electron chi connectivity index (χ4n) is 10.4. The largest absolute Gasteiger partial charge is 0.509 e. The van der Waals surface area contributed by atoms with Crippen LogP contribution in [0.25, 0.3) is 0 Å². The van der Waals surface area contributed by atoms with Crippen molar-refractivity contribution in [1.29, 1.82) is 0 Å². The molecule has 340 valence electrons. The molecule has 2 saturated heterocycles. The third kappa shape index (κ3) is 7.61. The molecule has 18 nitrogen and oxygen atoms in total. The van der Waals surface area contributed by atoms with Crippen molar-refractivity contribution in [3.63, 3.8) is 0 Å². The first-order chi connectivity index (χ1) is 28.7. The molecule has 0 aromatic heterocycles. The van der Waals surface area contributed by atoms with Gasteiger partial charge in [-0.15, -0.1) is 0 Å². The molecule has 6 rings (SSSR count). The van der Waals surface area contributed by atoms with Gasteiger partial charge in [-0.2, -0.15) is 0 Å². The third-order valence-corrected chi connectivity index (χ3v) is 12.9. The molecule has 1 spiro atoms. The molecule has 1 amide bonds. The molecule has 0 unspecified atom stereocenters. The number of carbonyl (C=O) groups is 7. The van der Waals surface area contributed by atoms with Crippen LogP contribution in [0.3, 0.4) is 0 Å². The number of alkyl carbamates (subject to hydrolysis) is 1. The second-order valence-corrected chi connectivity index (χ2v) is 19.0. The van der Waals surface area contributed by atoms with E-state index < -0.39 is 124 Å². The molecule has 3 aliphatic carbocycles. The topological polar surface area (TPSA) is 246 Å². The molecule has 2 aliphatic heterocycles. The molecule has 1 aromatic carbocycles. The van der Waals surface area contributed by atoms with E-state index in [1.54, 1.807) is 66.7 Å². The second-order valence-electron chi connectivity index (χ2n) is 19.0. The summed E-state index contributed by atoms with van der Waals surface area (Å²) in [5.41, 5.74) is -8.99. The van der Waals surface area contributed by atoms with Gasteiger partial charge >= 0.3 is 36.1 Å². The molecule has 18 heteroatoms. The Morgan fingerprint density at radius 2 is 1.61 bits per heavy atom. The smallest absolute Gasteiger partial charge is 0.454 e. The highest BCUT2D eigenvalue weighted by Gasteiger charge is 2.83. The normalized spacial score (nSPS) is 34.2. The van der Waals surface area contributed by atoms with Crippen LogP contribution in [0, 0.1) is 22.7 Å². The lowest BCUT2D eigenvalue weighted by Gasteiger charge is -2.67. The van der Waals surface area contributed by atoms with Crippen molar-refractivity contribution >= 4 is 41.9 Å². The zero-order chi connectivity index (χ0) is 46.1. The number of carbonyl (C=O) groups excluding carboxylic acids is 7. The molecule has 5 aliphatic rings. The number of ketones is 1. The fourth-order valence-corrected chi connectivity index (χ4v) is 10.4. The number of amides is 1. The molecule has 0 radical (unpaired) electrons. The highest BCUT2D eigenvalue weighted by atomic mass is 16.8. The standard InChI is InChI=1S/C44H57NO17/c1-20(2)17-25(45-38(53)61-40(6,7)8)29(49)37(52)57-30-21(3)28-31(56-22(4)46)33(50)42(11)26(48)18-27-43(19-55-27,60-23(5)47)32(42)35(58-36(51)24-15-13-12-14-16-24)44(41(28,9)10)34(30)59-39(54)62-44/h12-16,20,25-27,29-32,34-35,48-49H,17-19H2,1-11H3,(H,45,53)/t25-,26-,27+,29+,30+,31+,32+,34-,35-,42+,43-,44+/m0/s1. The fraction of sp³-hybridized carbons (Fsp3) is 0.659. The predicted octanol–water partition coefficient (Wildman–Crippen LogP) is 3.66. The van der Waals surface area contributed by atoms with E-state index in [0.29, 0.717) is 0 Å².